The molecule has 1 heterocycles. The van der Waals surface area contributed by atoms with Crippen molar-refractivity contribution in [2.24, 2.45) is 0 Å². The van der Waals surface area contributed by atoms with Crippen molar-refractivity contribution in [3.63, 3.8) is 0 Å². The summed E-state index contributed by atoms with van der Waals surface area (Å²) in [5, 5.41) is 2.14. The number of carbonyl (C=O) groups is 4. The minimum atomic E-state index is -0.671. The quantitative estimate of drug-likeness (QED) is 0.119. The molecule has 0 unspecified atom stereocenters. The van der Waals surface area contributed by atoms with Crippen LogP contribution >= 0.6 is 39.3 Å². The fraction of sp³-hybridized carbons (Fsp3) is 0.188. The normalized spacial score (nSPS) is 13.6. The molecule has 0 atom stereocenters. The van der Waals surface area contributed by atoms with Crippen LogP contribution in [0.25, 0.3) is 6.08 Å². The summed E-state index contributed by atoms with van der Waals surface area (Å²) in [7, 11) is 1.21. The summed E-state index contributed by atoms with van der Waals surface area (Å²) in [6.07, 6.45) is 3.79. The lowest BCUT2D eigenvalue weighted by molar-refractivity contribution is -0.127. The van der Waals surface area contributed by atoms with E-state index in [-0.39, 0.29) is 21.2 Å². The van der Waals surface area contributed by atoms with Gasteiger partial charge in [0.2, 0.25) is 5.91 Å². The number of benzene rings is 3. The number of nitrogens with one attached hydrogen (secondary N) is 1. The first-order chi connectivity index (χ1) is 21.1. The molecule has 0 saturated carbocycles. The van der Waals surface area contributed by atoms with E-state index in [2.05, 4.69) is 27.8 Å². The Hall–Kier alpha value is -4.06. The summed E-state index contributed by atoms with van der Waals surface area (Å²) in [6, 6.07) is 15.6. The molecule has 0 aliphatic carbocycles. The molecule has 0 aromatic heterocycles. The highest BCUT2D eigenvalue weighted by Crippen LogP contribution is 2.38. The third kappa shape index (κ3) is 8.10. The number of nitrogens with zero attached hydrogens (tertiary/aromatic N) is 1. The van der Waals surface area contributed by atoms with Gasteiger partial charge in [-0.3, -0.25) is 19.3 Å². The van der Waals surface area contributed by atoms with Gasteiger partial charge in [0.25, 0.3) is 11.1 Å². The number of ether oxygens (including phenoxy) is 3. The van der Waals surface area contributed by atoms with Crippen LogP contribution in [0, 0.1) is 0 Å². The average molecular weight is 700 g/mol. The van der Waals surface area contributed by atoms with Gasteiger partial charge in [-0.25, -0.2) is 4.79 Å². The van der Waals surface area contributed by atoms with Gasteiger partial charge in [-0.15, -0.1) is 6.58 Å². The number of halogens is 2. The van der Waals surface area contributed by atoms with E-state index in [1.807, 2.05) is 37.3 Å². The van der Waals surface area contributed by atoms with Gasteiger partial charge in [-0.2, -0.15) is 0 Å². The number of hydrogen-bond donors (Lipinski definition) is 1. The largest absolute Gasteiger partial charge is 0.490 e. The number of allylic oxidation sites excluding steroid dienone is 1. The van der Waals surface area contributed by atoms with Gasteiger partial charge in [-0.1, -0.05) is 45.7 Å². The zero-order valence-electron chi connectivity index (χ0n) is 23.9. The Morgan fingerprint density at radius 2 is 1.84 bits per heavy atom. The molecular formula is C32H28BrClN2O7S. The first-order valence-electron chi connectivity index (χ1n) is 13.3. The summed E-state index contributed by atoms with van der Waals surface area (Å²) in [6.45, 7) is 5.88. The molecule has 9 nitrogen and oxygen atoms in total. The maximum absolute atomic E-state index is 13.2. The Kier molecular flexibility index (Phi) is 11.3. The van der Waals surface area contributed by atoms with E-state index in [0.717, 1.165) is 32.3 Å². The van der Waals surface area contributed by atoms with Crippen LogP contribution in [0.15, 0.2) is 76.6 Å². The van der Waals surface area contributed by atoms with Crippen molar-refractivity contribution in [1.82, 2.24) is 4.90 Å². The molecule has 0 bridgehead atoms. The highest BCUT2D eigenvalue weighted by molar-refractivity contribution is 9.10. The highest BCUT2D eigenvalue weighted by Gasteiger charge is 2.36. The third-order valence-corrected chi connectivity index (χ3v) is 8.01. The van der Waals surface area contributed by atoms with Crippen LogP contribution in [0.5, 0.6) is 11.5 Å². The van der Waals surface area contributed by atoms with Crippen molar-refractivity contribution in [1.29, 1.82) is 0 Å². The summed E-state index contributed by atoms with van der Waals surface area (Å²) in [5.74, 6) is -0.862. The lowest BCUT2D eigenvalue weighted by Gasteiger charge is -2.17. The van der Waals surface area contributed by atoms with Crippen molar-refractivity contribution in [2.75, 3.05) is 25.6 Å². The van der Waals surface area contributed by atoms with Crippen molar-refractivity contribution < 1.29 is 33.4 Å². The Bertz CT molecular complexity index is 1640. The SMILES string of the molecule is C=CCc1cc(/C=C2\SC(=O)N(CC(=O)Nc3ccc(Cl)c(C(=O)OC)c3)C2=O)cc(OCC)c1OCc1ccc(Br)cc1. The number of carbonyl (C=O) groups excluding carboxylic acids is 4. The molecule has 1 fully saturated rings. The van der Waals surface area contributed by atoms with E-state index in [9.17, 15) is 19.2 Å². The van der Waals surface area contributed by atoms with Gasteiger partial charge < -0.3 is 19.5 Å². The van der Waals surface area contributed by atoms with Gasteiger partial charge >= 0.3 is 5.97 Å². The monoisotopic (exact) mass is 698 g/mol. The molecule has 228 valence electrons. The Morgan fingerprint density at radius 1 is 1.09 bits per heavy atom. The number of amides is 3. The second-order valence-corrected chi connectivity index (χ2v) is 11.7. The summed E-state index contributed by atoms with van der Waals surface area (Å²) in [4.78, 5) is 51.6. The summed E-state index contributed by atoms with van der Waals surface area (Å²) < 4.78 is 17.7. The maximum atomic E-state index is 13.2. The zero-order chi connectivity index (χ0) is 31.8. The number of rotatable bonds is 12. The van der Waals surface area contributed by atoms with Crippen molar-refractivity contribution in [2.45, 2.75) is 20.0 Å². The van der Waals surface area contributed by atoms with Crippen LogP contribution in [0.2, 0.25) is 5.02 Å². The fourth-order valence-corrected chi connectivity index (χ4v) is 5.54. The zero-order valence-corrected chi connectivity index (χ0v) is 27.0. The molecule has 1 aliphatic rings. The Morgan fingerprint density at radius 3 is 2.52 bits per heavy atom. The first-order valence-corrected chi connectivity index (χ1v) is 15.3. The molecular weight excluding hydrogens is 672 g/mol. The molecule has 0 radical (unpaired) electrons. The van der Waals surface area contributed by atoms with Crippen molar-refractivity contribution >= 4 is 74.1 Å². The Balaban J connectivity index is 1.52. The van der Waals surface area contributed by atoms with Crippen LogP contribution in [0.1, 0.15) is 34.0 Å². The molecule has 44 heavy (non-hydrogen) atoms. The second-order valence-electron chi connectivity index (χ2n) is 9.35. The van der Waals surface area contributed by atoms with Crippen LogP contribution in [0.4, 0.5) is 10.5 Å². The topological polar surface area (TPSA) is 111 Å². The first kappa shape index (κ1) is 32.8. The molecule has 3 aromatic carbocycles. The maximum Gasteiger partial charge on any atom is 0.339 e. The molecule has 4 rings (SSSR count). The Labute approximate surface area is 272 Å². The second kappa shape index (κ2) is 15.1. The van der Waals surface area contributed by atoms with Crippen LogP contribution in [0.3, 0.4) is 0 Å². The average Bonchev–Trinajstić information content (AvgIpc) is 3.25. The number of esters is 1. The van der Waals surface area contributed by atoms with Crippen LogP contribution in [-0.4, -0.2) is 48.2 Å². The van der Waals surface area contributed by atoms with E-state index >= 15 is 0 Å². The third-order valence-electron chi connectivity index (χ3n) is 6.24. The number of thioether (sulfide) groups is 1. The van der Waals surface area contributed by atoms with Gasteiger partial charge in [0.15, 0.2) is 11.5 Å². The number of methoxy groups -OCH3 is 1. The van der Waals surface area contributed by atoms with Crippen LogP contribution < -0.4 is 14.8 Å². The lowest BCUT2D eigenvalue weighted by atomic mass is 10.0. The van der Waals surface area contributed by atoms with E-state index in [0.29, 0.717) is 36.7 Å². The predicted octanol–water partition coefficient (Wildman–Crippen LogP) is 7.27. The van der Waals surface area contributed by atoms with Gasteiger partial charge in [0.1, 0.15) is 13.2 Å². The predicted molar refractivity (Wildman–Crippen MR) is 174 cm³/mol. The molecule has 0 spiro atoms. The molecule has 12 heteroatoms. The molecule has 3 amide bonds. The number of imide groups is 1. The van der Waals surface area contributed by atoms with Gasteiger partial charge in [-0.05, 0) is 84.8 Å². The van der Waals surface area contributed by atoms with Gasteiger partial charge in [0, 0.05) is 15.7 Å². The standard InChI is InChI=1S/C32H28BrClN2O7S/c1-4-6-21-13-20(14-26(42-5-2)29(21)43-18-19-7-9-22(33)10-8-19)15-27-30(38)36(32(40)44-27)17-28(37)35-23-11-12-25(34)24(16-23)31(39)41-3/h4,7-16H,1,5-6,17-18H2,2-3H3,(H,35,37)/b27-15-. The fourth-order valence-electron chi connectivity index (χ4n) is 4.24. The minimum Gasteiger partial charge on any atom is -0.490 e. The number of anilines is 1. The van der Waals surface area contributed by atoms with E-state index < -0.39 is 29.6 Å². The molecule has 1 N–H and O–H groups in total. The lowest BCUT2D eigenvalue weighted by Crippen LogP contribution is -2.36. The number of hydrogen-bond acceptors (Lipinski definition) is 8. The summed E-state index contributed by atoms with van der Waals surface area (Å²) in [5.41, 5.74) is 2.70. The smallest absolute Gasteiger partial charge is 0.339 e. The van der Waals surface area contributed by atoms with Crippen molar-refractivity contribution in [3.05, 3.63) is 104 Å². The van der Waals surface area contributed by atoms with Crippen LogP contribution in [-0.2, 0) is 27.4 Å². The minimum absolute atomic E-state index is 0.0630. The van der Waals surface area contributed by atoms with E-state index in [4.69, 9.17) is 25.8 Å². The van der Waals surface area contributed by atoms with E-state index in [1.165, 1.54) is 25.3 Å². The summed E-state index contributed by atoms with van der Waals surface area (Å²) >= 11 is 10.2. The van der Waals surface area contributed by atoms with Crippen molar-refractivity contribution in [3.8, 4) is 11.5 Å². The molecule has 1 saturated heterocycles. The molecule has 1 aliphatic heterocycles. The van der Waals surface area contributed by atoms with Gasteiger partial charge in [0.05, 0.1) is 29.2 Å². The van der Waals surface area contributed by atoms with E-state index in [1.54, 1.807) is 18.2 Å². The highest BCUT2D eigenvalue weighted by atomic mass is 79.9. The molecule has 3 aromatic rings.